The third-order valence-electron chi connectivity index (χ3n) is 4.19. The summed E-state index contributed by atoms with van der Waals surface area (Å²) in [5, 5.41) is 14.2. The van der Waals surface area contributed by atoms with E-state index in [4.69, 9.17) is 9.84 Å². The van der Waals surface area contributed by atoms with Gasteiger partial charge in [-0.25, -0.2) is 4.79 Å². The van der Waals surface area contributed by atoms with E-state index in [1.54, 1.807) is 18.2 Å². The van der Waals surface area contributed by atoms with Crippen LogP contribution in [0.2, 0.25) is 0 Å². The van der Waals surface area contributed by atoms with Crippen LogP contribution in [0.4, 0.5) is 0 Å². The summed E-state index contributed by atoms with van der Waals surface area (Å²) in [5.74, 6) is 0.0948. The van der Waals surface area contributed by atoms with E-state index in [0.717, 1.165) is 17.8 Å². The molecule has 1 N–H and O–H groups in total. The molecule has 0 aliphatic rings. The highest BCUT2D eigenvalue weighted by atomic mass is 16.5. The Balaban J connectivity index is 2.15. The van der Waals surface area contributed by atoms with Gasteiger partial charge in [0.05, 0.1) is 23.6 Å². The maximum Gasteiger partial charge on any atom is 0.335 e. The first-order valence-electron chi connectivity index (χ1n) is 9.13. The van der Waals surface area contributed by atoms with Crippen LogP contribution in [0.25, 0.3) is 22.5 Å². The first kappa shape index (κ1) is 18.7. The van der Waals surface area contributed by atoms with E-state index in [1.807, 2.05) is 35.9 Å². The predicted molar refractivity (Wildman–Crippen MR) is 106 cm³/mol. The number of hydrogen-bond donors (Lipinski definition) is 1. The lowest BCUT2D eigenvalue weighted by atomic mass is 10.1. The van der Waals surface area contributed by atoms with Gasteiger partial charge in [-0.15, -0.1) is 0 Å². The van der Waals surface area contributed by atoms with E-state index in [0.29, 0.717) is 29.5 Å². The van der Waals surface area contributed by atoms with Gasteiger partial charge in [0.15, 0.2) is 0 Å². The first-order chi connectivity index (χ1) is 13.0. The molecule has 0 spiro atoms. The Morgan fingerprint density at radius 1 is 1.15 bits per heavy atom. The highest BCUT2D eigenvalue weighted by molar-refractivity contribution is 5.90. The molecule has 0 fully saturated rings. The Morgan fingerprint density at radius 3 is 2.52 bits per heavy atom. The van der Waals surface area contributed by atoms with E-state index < -0.39 is 5.97 Å². The zero-order chi connectivity index (χ0) is 19.4. The van der Waals surface area contributed by atoms with Gasteiger partial charge < -0.3 is 9.84 Å². The molecule has 5 nitrogen and oxygen atoms in total. The minimum atomic E-state index is -0.968. The molecule has 0 atom stereocenters. The summed E-state index contributed by atoms with van der Waals surface area (Å²) in [7, 11) is 0. The van der Waals surface area contributed by atoms with Crippen LogP contribution in [0.5, 0.6) is 5.75 Å². The molecule has 5 heteroatoms. The lowest BCUT2D eigenvalue weighted by Gasteiger charge is -2.10. The second kappa shape index (κ2) is 8.08. The number of rotatable bonds is 7. The summed E-state index contributed by atoms with van der Waals surface area (Å²) >= 11 is 0. The van der Waals surface area contributed by atoms with Crippen LogP contribution in [-0.4, -0.2) is 27.5 Å². The van der Waals surface area contributed by atoms with E-state index >= 15 is 0 Å². The molecule has 0 saturated carbocycles. The van der Waals surface area contributed by atoms with Crippen molar-refractivity contribution in [2.24, 2.45) is 5.92 Å². The summed E-state index contributed by atoms with van der Waals surface area (Å²) in [6, 6.07) is 17.0. The van der Waals surface area contributed by atoms with Crippen molar-refractivity contribution >= 4 is 5.97 Å². The van der Waals surface area contributed by atoms with Gasteiger partial charge in [0.2, 0.25) is 0 Å². The third kappa shape index (κ3) is 4.19. The van der Waals surface area contributed by atoms with Gasteiger partial charge >= 0.3 is 5.97 Å². The predicted octanol–water partition coefficient (Wildman–Crippen LogP) is 4.97. The Labute approximate surface area is 159 Å². The molecule has 27 heavy (non-hydrogen) atoms. The lowest BCUT2D eigenvalue weighted by Crippen LogP contribution is -2.08. The fraction of sp³-hybridized carbons (Fsp3) is 0.273. The molecule has 0 unspecified atom stereocenters. The molecular formula is C22H24N2O3. The molecule has 3 aromatic rings. The van der Waals surface area contributed by atoms with Gasteiger partial charge in [0.25, 0.3) is 0 Å². The largest absolute Gasteiger partial charge is 0.493 e. The zero-order valence-electron chi connectivity index (χ0n) is 15.8. The van der Waals surface area contributed by atoms with Crippen molar-refractivity contribution < 1.29 is 14.6 Å². The summed E-state index contributed by atoms with van der Waals surface area (Å²) in [6.45, 7) is 7.46. The quantitative estimate of drug-likeness (QED) is 0.643. The van der Waals surface area contributed by atoms with Gasteiger partial charge in [0, 0.05) is 12.1 Å². The number of nitrogens with zero attached hydrogens (tertiary/aromatic N) is 2. The number of ether oxygens (including phenoxy) is 1. The monoisotopic (exact) mass is 364 g/mol. The van der Waals surface area contributed by atoms with Gasteiger partial charge in [-0.1, -0.05) is 44.2 Å². The minimum Gasteiger partial charge on any atom is -0.493 e. The van der Waals surface area contributed by atoms with E-state index in [2.05, 4.69) is 26.0 Å². The average molecular weight is 364 g/mol. The second-order valence-corrected chi connectivity index (χ2v) is 6.81. The summed E-state index contributed by atoms with van der Waals surface area (Å²) in [6.07, 6.45) is 0. The van der Waals surface area contributed by atoms with E-state index in [-0.39, 0.29) is 5.56 Å². The van der Waals surface area contributed by atoms with Crippen molar-refractivity contribution in [3.63, 3.8) is 0 Å². The topological polar surface area (TPSA) is 64.3 Å². The highest BCUT2D eigenvalue weighted by Gasteiger charge is 2.17. The first-order valence-corrected chi connectivity index (χ1v) is 9.13. The number of hydrogen-bond acceptors (Lipinski definition) is 3. The van der Waals surface area contributed by atoms with Crippen molar-refractivity contribution in [2.75, 3.05) is 6.61 Å². The van der Waals surface area contributed by atoms with Crippen LogP contribution >= 0.6 is 0 Å². The van der Waals surface area contributed by atoms with Gasteiger partial charge in [-0.05, 0) is 42.7 Å². The van der Waals surface area contributed by atoms with Gasteiger partial charge in [0.1, 0.15) is 5.75 Å². The van der Waals surface area contributed by atoms with Crippen LogP contribution in [0.1, 0.15) is 31.1 Å². The van der Waals surface area contributed by atoms with E-state index in [9.17, 15) is 9.90 Å². The summed E-state index contributed by atoms with van der Waals surface area (Å²) in [4.78, 5) is 11.4. The molecule has 140 valence electrons. The second-order valence-electron chi connectivity index (χ2n) is 6.81. The van der Waals surface area contributed by atoms with Crippen molar-refractivity contribution in [3.8, 4) is 28.3 Å². The molecule has 1 aromatic heterocycles. The number of benzene rings is 2. The third-order valence-corrected chi connectivity index (χ3v) is 4.19. The van der Waals surface area contributed by atoms with Crippen molar-refractivity contribution in [1.29, 1.82) is 0 Å². The Hall–Kier alpha value is -3.08. The fourth-order valence-electron chi connectivity index (χ4n) is 3.02. The molecular weight excluding hydrogens is 340 g/mol. The van der Waals surface area contributed by atoms with Crippen LogP contribution in [0, 0.1) is 5.92 Å². The maximum atomic E-state index is 11.4. The molecule has 0 aliphatic heterocycles. The lowest BCUT2D eigenvalue weighted by molar-refractivity contribution is 0.0697. The zero-order valence-corrected chi connectivity index (χ0v) is 15.8. The number of aromatic carboxylic acids is 1. The average Bonchev–Trinajstić information content (AvgIpc) is 3.05. The normalized spacial score (nSPS) is 11.0. The van der Waals surface area contributed by atoms with Crippen LogP contribution in [-0.2, 0) is 6.54 Å². The van der Waals surface area contributed by atoms with Crippen molar-refractivity contribution in [3.05, 3.63) is 60.2 Å². The number of aromatic nitrogens is 2. The molecule has 0 amide bonds. The smallest absolute Gasteiger partial charge is 0.335 e. The Bertz CT molecular complexity index is 930. The molecule has 2 aromatic carbocycles. The molecule has 0 bridgehead atoms. The molecule has 1 heterocycles. The Kier molecular flexibility index (Phi) is 5.60. The van der Waals surface area contributed by atoms with Crippen LogP contribution < -0.4 is 4.74 Å². The highest BCUT2D eigenvalue weighted by Crippen LogP contribution is 2.33. The van der Waals surface area contributed by atoms with Crippen molar-refractivity contribution in [2.45, 2.75) is 27.3 Å². The molecule has 0 radical (unpaired) electrons. The summed E-state index contributed by atoms with van der Waals surface area (Å²) in [5.41, 5.74) is 3.69. The molecule has 3 rings (SSSR count). The van der Waals surface area contributed by atoms with Crippen molar-refractivity contribution in [1.82, 2.24) is 9.78 Å². The molecule has 0 aliphatic carbocycles. The van der Waals surface area contributed by atoms with Crippen LogP contribution in [0.15, 0.2) is 54.6 Å². The molecule has 0 saturated heterocycles. The Morgan fingerprint density at radius 2 is 1.89 bits per heavy atom. The number of carbonyl (C=O) groups is 1. The minimum absolute atomic E-state index is 0.216. The van der Waals surface area contributed by atoms with Crippen LogP contribution in [0.3, 0.4) is 0 Å². The SMILES string of the molecule is CCOc1ccc(C(=O)O)cc1-c1cc(-c2ccccc2)n(CC(C)C)n1. The standard InChI is InChI=1S/C22H24N2O3/c1-4-27-21-11-10-17(22(25)26)12-18(21)19-13-20(16-8-6-5-7-9-16)24(23-19)14-15(2)3/h5-13,15H,4,14H2,1-3H3,(H,25,26). The van der Waals surface area contributed by atoms with E-state index in [1.165, 1.54) is 0 Å². The maximum absolute atomic E-state index is 11.4. The summed E-state index contributed by atoms with van der Waals surface area (Å²) < 4.78 is 7.70. The number of carboxylic acids is 1. The van der Waals surface area contributed by atoms with Gasteiger partial charge in [-0.3, -0.25) is 4.68 Å². The van der Waals surface area contributed by atoms with Gasteiger partial charge in [-0.2, -0.15) is 5.10 Å². The fourth-order valence-corrected chi connectivity index (χ4v) is 3.02. The number of carboxylic acid groups (broad SMARTS) is 1.